The number of anilines is 3. The maximum atomic E-state index is 6.13. The van der Waals surface area contributed by atoms with Crippen LogP contribution in [0.4, 0.5) is 17.5 Å². The van der Waals surface area contributed by atoms with E-state index in [4.69, 9.17) is 20.2 Å². The van der Waals surface area contributed by atoms with Crippen molar-refractivity contribution in [1.29, 1.82) is 0 Å². The quantitative estimate of drug-likeness (QED) is 0.646. The molecule has 1 aliphatic rings. The molecule has 0 bridgehead atoms. The van der Waals surface area contributed by atoms with Crippen LogP contribution in [0.3, 0.4) is 0 Å². The number of piperidine rings is 1. The van der Waals surface area contributed by atoms with Crippen molar-refractivity contribution < 1.29 is 9.47 Å². The lowest BCUT2D eigenvalue weighted by atomic mass is 10.1. The second-order valence-corrected chi connectivity index (χ2v) is 7.25. The van der Waals surface area contributed by atoms with Gasteiger partial charge in [-0.2, -0.15) is 9.97 Å². The Labute approximate surface area is 173 Å². The molecule has 0 aliphatic carbocycles. The van der Waals surface area contributed by atoms with Crippen molar-refractivity contribution in [2.45, 2.75) is 18.9 Å². The number of ether oxygens (including phenoxy) is 2. The lowest BCUT2D eigenvalue weighted by Crippen LogP contribution is -2.43. The van der Waals surface area contributed by atoms with Gasteiger partial charge in [-0.05, 0) is 25.0 Å². The minimum atomic E-state index is 0. The topological polar surface area (TPSA) is 98.4 Å². The Bertz CT molecular complexity index is 953. The standard InChI is InChI=1S/C18H22N6O2S.ClH/c1-25-13-6-5-12(8-14(13)26-2)21-16-15-17(27-10-20-15)23-18(22-16)24-7-3-4-11(19)9-24;/h5-6,8,10-11H,3-4,7,9,19H2,1-2H3,(H,21,22,23);1H. The zero-order valence-electron chi connectivity index (χ0n) is 15.7. The van der Waals surface area contributed by atoms with Crippen LogP contribution in [0.25, 0.3) is 10.3 Å². The Balaban J connectivity index is 0.00000225. The van der Waals surface area contributed by atoms with Gasteiger partial charge in [-0.1, -0.05) is 0 Å². The first-order chi connectivity index (χ1) is 13.2. The van der Waals surface area contributed by atoms with Gasteiger partial charge in [0.15, 0.2) is 22.1 Å². The molecule has 1 saturated heterocycles. The fourth-order valence-electron chi connectivity index (χ4n) is 3.22. The number of halogens is 1. The number of hydrogen-bond donors (Lipinski definition) is 2. The van der Waals surface area contributed by atoms with Crippen molar-refractivity contribution in [2.24, 2.45) is 5.73 Å². The molecule has 0 saturated carbocycles. The molecule has 1 unspecified atom stereocenters. The third-order valence-corrected chi connectivity index (χ3v) is 5.29. The molecule has 1 aliphatic heterocycles. The lowest BCUT2D eigenvalue weighted by Gasteiger charge is -2.30. The molecule has 10 heteroatoms. The largest absolute Gasteiger partial charge is 0.493 e. The normalized spacial score (nSPS) is 16.5. The van der Waals surface area contributed by atoms with Gasteiger partial charge in [-0.15, -0.1) is 23.7 Å². The number of benzene rings is 1. The van der Waals surface area contributed by atoms with Crippen LogP contribution in [-0.4, -0.2) is 48.3 Å². The van der Waals surface area contributed by atoms with Crippen molar-refractivity contribution in [3.05, 3.63) is 23.7 Å². The summed E-state index contributed by atoms with van der Waals surface area (Å²) >= 11 is 1.50. The fraction of sp³-hybridized carbons (Fsp3) is 0.389. The molecule has 0 radical (unpaired) electrons. The summed E-state index contributed by atoms with van der Waals surface area (Å²) in [7, 11) is 3.23. The second kappa shape index (κ2) is 8.76. The fourth-order valence-corrected chi connectivity index (χ4v) is 3.87. The monoisotopic (exact) mass is 422 g/mol. The van der Waals surface area contributed by atoms with E-state index >= 15 is 0 Å². The van der Waals surface area contributed by atoms with Crippen LogP contribution >= 0.6 is 23.7 Å². The molecule has 3 aromatic rings. The maximum absolute atomic E-state index is 6.13. The second-order valence-electron chi connectivity index (χ2n) is 6.42. The van der Waals surface area contributed by atoms with Crippen molar-refractivity contribution >= 4 is 51.5 Å². The van der Waals surface area contributed by atoms with Crippen LogP contribution in [0.1, 0.15) is 12.8 Å². The SMILES string of the molecule is COc1ccc(Nc2nc(N3CCCC(N)C3)nc3scnc23)cc1OC.Cl. The number of aromatic nitrogens is 3. The zero-order chi connectivity index (χ0) is 18.8. The van der Waals surface area contributed by atoms with Gasteiger partial charge in [0, 0.05) is 30.9 Å². The third kappa shape index (κ3) is 4.06. The van der Waals surface area contributed by atoms with Crippen molar-refractivity contribution in [1.82, 2.24) is 15.0 Å². The van der Waals surface area contributed by atoms with Crippen molar-refractivity contribution in [3.63, 3.8) is 0 Å². The third-order valence-electron chi connectivity index (χ3n) is 4.57. The van der Waals surface area contributed by atoms with E-state index in [1.54, 1.807) is 19.7 Å². The molecule has 3 N–H and O–H groups in total. The summed E-state index contributed by atoms with van der Waals surface area (Å²) in [5.41, 5.74) is 9.50. The Morgan fingerprint density at radius 3 is 2.79 bits per heavy atom. The summed E-state index contributed by atoms with van der Waals surface area (Å²) in [6, 6.07) is 5.79. The van der Waals surface area contributed by atoms with Gasteiger partial charge in [0.05, 0.1) is 19.7 Å². The minimum Gasteiger partial charge on any atom is -0.493 e. The van der Waals surface area contributed by atoms with Crippen LogP contribution in [-0.2, 0) is 0 Å². The predicted octanol–water partition coefficient (Wildman–Crippen LogP) is 3.20. The smallest absolute Gasteiger partial charge is 0.228 e. The summed E-state index contributed by atoms with van der Waals surface area (Å²) in [6.07, 6.45) is 2.08. The zero-order valence-corrected chi connectivity index (χ0v) is 17.3. The Hall–Kier alpha value is -2.36. The highest BCUT2D eigenvalue weighted by Crippen LogP contribution is 2.33. The molecule has 1 aromatic carbocycles. The van der Waals surface area contributed by atoms with Crippen LogP contribution in [0.15, 0.2) is 23.7 Å². The van der Waals surface area contributed by atoms with Crippen LogP contribution in [0, 0.1) is 0 Å². The number of hydrogen-bond acceptors (Lipinski definition) is 9. The first-order valence-corrected chi connectivity index (χ1v) is 9.66. The Morgan fingerprint density at radius 1 is 1.21 bits per heavy atom. The van der Waals surface area contributed by atoms with E-state index in [1.165, 1.54) is 11.3 Å². The summed E-state index contributed by atoms with van der Waals surface area (Å²) in [4.78, 5) is 16.9. The van der Waals surface area contributed by atoms with E-state index in [0.29, 0.717) is 23.3 Å². The summed E-state index contributed by atoms with van der Waals surface area (Å²) in [6.45, 7) is 1.67. The number of thiazole rings is 1. The van der Waals surface area contributed by atoms with Gasteiger partial charge < -0.3 is 25.4 Å². The number of fused-ring (bicyclic) bond motifs is 1. The first kappa shape index (κ1) is 20.4. The number of nitrogens with zero attached hydrogens (tertiary/aromatic N) is 4. The van der Waals surface area contributed by atoms with Gasteiger partial charge in [0.2, 0.25) is 5.95 Å². The molecular formula is C18H23ClN6O2S. The number of nitrogens with one attached hydrogen (secondary N) is 1. The molecular weight excluding hydrogens is 400 g/mol. The Morgan fingerprint density at radius 2 is 2.04 bits per heavy atom. The summed E-state index contributed by atoms with van der Waals surface area (Å²) < 4.78 is 10.7. The maximum Gasteiger partial charge on any atom is 0.228 e. The van der Waals surface area contributed by atoms with E-state index in [9.17, 15) is 0 Å². The number of nitrogens with two attached hydrogens (primary N) is 1. The van der Waals surface area contributed by atoms with Gasteiger partial charge in [-0.25, -0.2) is 4.98 Å². The highest BCUT2D eigenvalue weighted by Gasteiger charge is 2.21. The molecule has 150 valence electrons. The van der Waals surface area contributed by atoms with Gasteiger partial charge in [0.1, 0.15) is 5.52 Å². The molecule has 4 rings (SSSR count). The van der Waals surface area contributed by atoms with Gasteiger partial charge in [0.25, 0.3) is 0 Å². The highest BCUT2D eigenvalue weighted by atomic mass is 35.5. The van der Waals surface area contributed by atoms with E-state index in [1.807, 2.05) is 18.2 Å². The average Bonchev–Trinajstić information content (AvgIpc) is 3.17. The van der Waals surface area contributed by atoms with Crippen molar-refractivity contribution in [2.75, 3.05) is 37.5 Å². The van der Waals surface area contributed by atoms with E-state index < -0.39 is 0 Å². The molecule has 1 atom stereocenters. The predicted molar refractivity (Wildman–Crippen MR) is 115 cm³/mol. The molecule has 1 fully saturated rings. The molecule has 0 spiro atoms. The summed E-state index contributed by atoms with van der Waals surface area (Å²) in [5, 5.41) is 3.35. The average molecular weight is 423 g/mol. The molecule has 3 heterocycles. The van der Waals surface area contributed by atoms with Gasteiger partial charge in [-0.3, -0.25) is 0 Å². The van der Waals surface area contributed by atoms with E-state index in [0.717, 1.165) is 42.0 Å². The van der Waals surface area contributed by atoms with Crippen molar-refractivity contribution in [3.8, 4) is 11.5 Å². The van der Waals surface area contributed by atoms with Crippen LogP contribution in [0.5, 0.6) is 11.5 Å². The molecule has 0 amide bonds. The van der Waals surface area contributed by atoms with E-state index in [2.05, 4.69) is 20.2 Å². The van der Waals surface area contributed by atoms with Gasteiger partial charge >= 0.3 is 0 Å². The first-order valence-electron chi connectivity index (χ1n) is 8.78. The summed E-state index contributed by atoms with van der Waals surface area (Å²) in [5.74, 6) is 2.67. The Kier molecular flexibility index (Phi) is 6.38. The molecule has 2 aromatic heterocycles. The molecule has 8 nitrogen and oxygen atoms in total. The van der Waals surface area contributed by atoms with E-state index in [-0.39, 0.29) is 18.4 Å². The lowest BCUT2D eigenvalue weighted by molar-refractivity contribution is 0.355. The highest BCUT2D eigenvalue weighted by molar-refractivity contribution is 7.16. The minimum absolute atomic E-state index is 0. The van der Waals surface area contributed by atoms with Crippen LogP contribution < -0.4 is 25.4 Å². The molecule has 28 heavy (non-hydrogen) atoms. The number of methoxy groups -OCH3 is 2. The number of rotatable bonds is 5. The van der Waals surface area contributed by atoms with Crippen LogP contribution in [0.2, 0.25) is 0 Å².